The molecule has 0 atom stereocenters. The molecule has 84 valence electrons. The molecule has 0 spiro atoms. The Morgan fingerprint density at radius 1 is 1.13 bits per heavy atom. The standard InChI is InChI=1S/C8H5Cl2F3O2/c1-14-4-2-5(9)7(6(10)3-4)15-8(11,12)13/h2-3H,1H3. The number of methoxy groups -OCH3 is 1. The van der Waals surface area contributed by atoms with Crippen LogP contribution in [0.25, 0.3) is 0 Å². The van der Waals surface area contributed by atoms with Gasteiger partial charge in [-0.3, -0.25) is 0 Å². The first-order chi connectivity index (χ1) is 6.83. The maximum atomic E-state index is 11.9. The van der Waals surface area contributed by atoms with Gasteiger partial charge in [0.15, 0.2) is 5.75 Å². The van der Waals surface area contributed by atoms with Crippen molar-refractivity contribution in [3.8, 4) is 11.5 Å². The van der Waals surface area contributed by atoms with Gasteiger partial charge in [0.25, 0.3) is 0 Å². The maximum Gasteiger partial charge on any atom is 0.573 e. The molecule has 0 bridgehead atoms. The second kappa shape index (κ2) is 4.37. The number of halogens is 5. The first-order valence-electron chi connectivity index (χ1n) is 3.62. The van der Waals surface area contributed by atoms with Gasteiger partial charge in [-0.05, 0) is 0 Å². The Hall–Kier alpha value is -0.810. The summed E-state index contributed by atoms with van der Waals surface area (Å²) >= 11 is 11.1. The summed E-state index contributed by atoms with van der Waals surface area (Å²) in [7, 11) is 1.34. The number of hydrogen-bond acceptors (Lipinski definition) is 2. The molecule has 0 amide bonds. The highest BCUT2D eigenvalue weighted by molar-refractivity contribution is 6.37. The molecule has 0 aliphatic carbocycles. The van der Waals surface area contributed by atoms with Crippen molar-refractivity contribution >= 4 is 23.2 Å². The summed E-state index contributed by atoms with van der Waals surface area (Å²) in [4.78, 5) is 0. The highest BCUT2D eigenvalue weighted by Crippen LogP contribution is 2.39. The number of rotatable bonds is 2. The first-order valence-corrected chi connectivity index (χ1v) is 4.38. The van der Waals surface area contributed by atoms with Gasteiger partial charge in [-0.15, -0.1) is 13.2 Å². The summed E-state index contributed by atoms with van der Waals surface area (Å²) in [5.41, 5.74) is 0. The lowest BCUT2D eigenvalue weighted by Gasteiger charge is -2.12. The first kappa shape index (κ1) is 12.3. The molecule has 0 aliphatic rings. The minimum absolute atomic E-state index is 0.250. The minimum atomic E-state index is -4.83. The predicted octanol–water partition coefficient (Wildman–Crippen LogP) is 3.90. The fraction of sp³-hybridized carbons (Fsp3) is 0.250. The van der Waals surface area contributed by atoms with Gasteiger partial charge in [0.05, 0.1) is 17.2 Å². The van der Waals surface area contributed by atoms with Crippen LogP contribution in [0.15, 0.2) is 12.1 Å². The van der Waals surface area contributed by atoms with Gasteiger partial charge in [0.1, 0.15) is 5.75 Å². The average Bonchev–Trinajstić information content (AvgIpc) is 2.09. The normalized spacial score (nSPS) is 11.3. The van der Waals surface area contributed by atoms with E-state index < -0.39 is 12.1 Å². The van der Waals surface area contributed by atoms with E-state index in [4.69, 9.17) is 27.9 Å². The van der Waals surface area contributed by atoms with Gasteiger partial charge in [-0.25, -0.2) is 0 Å². The molecule has 1 aromatic carbocycles. The molecule has 0 fully saturated rings. The van der Waals surface area contributed by atoms with Gasteiger partial charge in [0, 0.05) is 12.1 Å². The number of hydrogen-bond donors (Lipinski definition) is 0. The van der Waals surface area contributed by atoms with Crippen LogP contribution in [0.4, 0.5) is 13.2 Å². The lowest BCUT2D eigenvalue weighted by atomic mass is 10.3. The third-order valence-corrected chi connectivity index (χ3v) is 1.99. The van der Waals surface area contributed by atoms with Crippen molar-refractivity contribution in [3.05, 3.63) is 22.2 Å². The molecule has 0 aromatic heterocycles. The summed E-state index contributed by atoms with van der Waals surface area (Å²) in [5, 5.41) is -0.534. The molecule has 0 N–H and O–H groups in total. The van der Waals surface area contributed by atoms with E-state index in [0.29, 0.717) is 0 Å². The van der Waals surface area contributed by atoms with Crippen LogP contribution in [0.2, 0.25) is 10.0 Å². The number of alkyl halides is 3. The second-order valence-corrected chi connectivity index (χ2v) is 3.28. The zero-order valence-electron chi connectivity index (χ0n) is 7.36. The molecule has 0 aliphatic heterocycles. The highest BCUT2D eigenvalue weighted by atomic mass is 35.5. The average molecular weight is 261 g/mol. The fourth-order valence-electron chi connectivity index (χ4n) is 0.868. The fourth-order valence-corrected chi connectivity index (χ4v) is 1.41. The van der Waals surface area contributed by atoms with Crippen LogP contribution in [0.1, 0.15) is 0 Å². The van der Waals surface area contributed by atoms with E-state index in [1.165, 1.54) is 19.2 Å². The SMILES string of the molecule is COc1cc(Cl)c(OC(F)(F)F)c(Cl)c1. The molecular formula is C8H5Cl2F3O2. The smallest absolute Gasteiger partial charge is 0.497 e. The molecule has 0 radical (unpaired) electrons. The third kappa shape index (κ3) is 3.35. The minimum Gasteiger partial charge on any atom is -0.497 e. The molecule has 0 unspecified atom stereocenters. The Balaban J connectivity index is 3.09. The van der Waals surface area contributed by atoms with Crippen LogP contribution >= 0.6 is 23.2 Å². The van der Waals surface area contributed by atoms with Crippen LogP contribution < -0.4 is 9.47 Å². The largest absolute Gasteiger partial charge is 0.573 e. The van der Waals surface area contributed by atoms with Crippen molar-refractivity contribution in [2.75, 3.05) is 7.11 Å². The number of ether oxygens (including phenoxy) is 2. The third-order valence-electron chi connectivity index (χ3n) is 1.43. The molecule has 15 heavy (non-hydrogen) atoms. The van der Waals surface area contributed by atoms with E-state index in [9.17, 15) is 13.2 Å². The predicted molar refractivity (Wildman–Crippen MR) is 49.7 cm³/mol. The molecule has 1 aromatic rings. The number of benzene rings is 1. The van der Waals surface area contributed by atoms with Crippen LogP contribution in [0.5, 0.6) is 11.5 Å². The molecular weight excluding hydrogens is 256 g/mol. The Morgan fingerprint density at radius 3 is 1.93 bits per heavy atom. The monoisotopic (exact) mass is 260 g/mol. The lowest BCUT2D eigenvalue weighted by molar-refractivity contribution is -0.274. The van der Waals surface area contributed by atoms with Crippen LogP contribution in [0.3, 0.4) is 0 Å². The zero-order chi connectivity index (χ0) is 11.6. The Morgan fingerprint density at radius 2 is 1.60 bits per heavy atom. The molecule has 0 heterocycles. The van der Waals surface area contributed by atoms with E-state index in [1.54, 1.807) is 0 Å². The van der Waals surface area contributed by atoms with Crippen molar-refractivity contribution in [1.29, 1.82) is 0 Å². The van der Waals surface area contributed by atoms with Crippen LogP contribution in [0, 0.1) is 0 Å². The zero-order valence-corrected chi connectivity index (χ0v) is 8.87. The Kier molecular flexibility index (Phi) is 3.57. The summed E-state index contributed by atoms with van der Waals surface area (Å²) < 4.78 is 44.1. The molecule has 0 saturated carbocycles. The summed E-state index contributed by atoms with van der Waals surface area (Å²) in [6, 6.07) is 2.35. The van der Waals surface area contributed by atoms with E-state index in [2.05, 4.69) is 4.74 Å². The van der Waals surface area contributed by atoms with Gasteiger partial charge in [-0.1, -0.05) is 23.2 Å². The van der Waals surface area contributed by atoms with Crippen molar-refractivity contribution < 1.29 is 22.6 Å². The van der Waals surface area contributed by atoms with E-state index in [1.807, 2.05) is 0 Å². The topological polar surface area (TPSA) is 18.5 Å². The molecule has 1 rings (SSSR count). The quantitative estimate of drug-likeness (QED) is 0.803. The van der Waals surface area contributed by atoms with E-state index in [-0.39, 0.29) is 15.8 Å². The highest BCUT2D eigenvalue weighted by Gasteiger charge is 2.33. The maximum absolute atomic E-state index is 11.9. The lowest BCUT2D eigenvalue weighted by Crippen LogP contribution is -2.17. The van der Waals surface area contributed by atoms with Gasteiger partial charge >= 0.3 is 6.36 Å². The van der Waals surface area contributed by atoms with Gasteiger partial charge in [-0.2, -0.15) is 0 Å². The summed E-state index contributed by atoms with van der Waals surface area (Å²) in [5.74, 6) is -0.383. The van der Waals surface area contributed by atoms with Crippen LogP contribution in [-0.2, 0) is 0 Å². The summed E-state index contributed by atoms with van der Waals surface area (Å²) in [6.45, 7) is 0. The molecule has 0 saturated heterocycles. The summed E-state index contributed by atoms with van der Waals surface area (Å²) in [6.07, 6.45) is -4.83. The molecule has 2 nitrogen and oxygen atoms in total. The Labute approximate surface area is 93.5 Å². The van der Waals surface area contributed by atoms with Crippen molar-refractivity contribution in [3.63, 3.8) is 0 Å². The van der Waals surface area contributed by atoms with E-state index in [0.717, 1.165) is 0 Å². The molecule has 7 heteroatoms. The van der Waals surface area contributed by atoms with Gasteiger partial charge < -0.3 is 9.47 Å². The van der Waals surface area contributed by atoms with E-state index >= 15 is 0 Å². The van der Waals surface area contributed by atoms with Crippen molar-refractivity contribution in [1.82, 2.24) is 0 Å². The van der Waals surface area contributed by atoms with Crippen LogP contribution in [-0.4, -0.2) is 13.5 Å². The van der Waals surface area contributed by atoms with Crippen molar-refractivity contribution in [2.24, 2.45) is 0 Å². The Bertz CT molecular complexity index is 342. The second-order valence-electron chi connectivity index (χ2n) is 2.47. The van der Waals surface area contributed by atoms with Crippen molar-refractivity contribution in [2.45, 2.75) is 6.36 Å². The van der Waals surface area contributed by atoms with Gasteiger partial charge in [0.2, 0.25) is 0 Å².